The van der Waals surface area contributed by atoms with Crippen molar-refractivity contribution in [2.24, 2.45) is 16.8 Å². The van der Waals surface area contributed by atoms with E-state index in [1.165, 1.54) is 32.2 Å². The molecule has 2 rings (SSSR count). The predicted octanol–water partition coefficient (Wildman–Crippen LogP) is 0.233. The Morgan fingerprint density at radius 1 is 1.33 bits per heavy atom. The molecule has 0 aromatic heterocycles. The molecule has 110 valence electrons. The van der Waals surface area contributed by atoms with Gasteiger partial charge in [-0.2, -0.15) is 0 Å². The molecule has 1 aliphatic rings. The van der Waals surface area contributed by atoms with Gasteiger partial charge in [-0.15, -0.1) is 0 Å². The lowest BCUT2D eigenvalue weighted by molar-refractivity contribution is -0.117. The minimum absolute atomic E-state index is 0.223. The molecule has 0 saturated heterocycles. The number of nitrogens with one attached hydrogen (secondary N) is 1. The summed E-state index contributed by atoms with van der Waals surface area (Å²) in [5.41, 5.74) is 6.24. The van der Waals surface area contributed by atoms with Gasteiger partial charge in [0.15, 0.2) is 5.84 Å². The molecule has 0 bridgehead atoms. The third-order valence-electron chi connectivity index (χ3n) is 3.31. The van der Waals surface area contributed by atoms with Crippen molar-refractivity contribution in [2.45, 2.75) is 6.92 Å². The van der Waals surface area contributed by atoms with Gasteiger partial charge in [-0.05, 0) is 25.1 Å². The Labute approximate surface area is 120 Å². The molecule has 0 radical (unpaired) electrons. The quantitative estimate of drug-likeness (QED) is 0.242. The number of oxime groups is 1. The molecular weight excluding hydrogens is 276 g/mol. The Hall–Kier alpha value is -2.90. The number of rotatable bonds is 3. The number of hydrogen-bond donors (Lipinski definition) is 3. The lowest BCUT2D eigenvalue weighted by Gasteiger charge is -2.11. The van der Waals surface area contributed by atoms with Gasteiger partial charge in [-0.1, -0.05) is 5.16 Å². The van der Waals surface area contributed by atoms with Crippen molar-refractivity contribution in [1.29, 1.82) is 0 Å². The van der Waals surface area contributed by atoms with Crippen LogP contribution in [0.25, 0.3) is 0 Å². The minimum atomic E-state index is -0.830. The Bertz CT molecular complexity index is 668. The molecule has 1 atom stereocenters. The molecule has 21 heavy (non-hydrogen) atoms. The van der Waals surface area contributed by atoms with Crippen LogP contribution in [0.5, 0.6) is 0 Å². The average Bonchev–Trinajstić information content (AvgIpc) is 2.70. The van der Waals surface area contributed by atoms with Crippen LogP contribution < -0.4 is 11.1 Å². The molecule has 1 aliphatic heterocycles. The lowest BCUT2D eigenvalue weighted by atomic mass is 10.1. The normalized spacial score (nSPS) is 15.9. The van der Waals surface area contributed by atoms with E-state index in [0.717, 1.165) is 4.90 Å². The fourth-order valence-corrected chi connectivity index (χ4v) is 1.91. The molecule has 0 fully saturated rings. The molecule has 8 heteroatoms. The highest BCUT2D eigenvalue weighted by molar-refractivity contribution is 6.21. The van der Waals surface area contributed by atoms with Crippen LogP contribution in [0.2, 0.25) is 0 Å². The van der Waals surface area contributed by atoms with E-state index >= 15 is 0 Å². The fraction of sp³-hybridized carbons (Fsp3) is 0.231. The summed E-state index contributed by atoms with van der Waals surface area (Å²) in [6.45, 7) is 1.47. The van der Waals surface area contributed by atoms with Crippen molar-refractivity contribution in [3.8, 4) is 0 Å². The Morgan fingerprint density at radius 3 is 2.57 bits per heavy atom. The summed E-state index contributed by atoms with van der Waals surface area (Å²) in [6.07, 6.45) is 0. The highest BCUT2D eigenvalue weighted by Gasteiger charge is 2.32. The molecule has 0 aliphatic carbocycles. The first kappa shape index (κ1) is 14.5. The van der Waals surface area contributed by atoms with E-state index in [9.17, 15) is 14.4 Å². The van der Waals surface area contributed by atoms with Crippen molar-refractivity contribution in [3.63, 3.8) is 0 Å². The average molecular weight is 290 g/mol. The molecule has 1 aromatic carbocycles. The van der Waals surface area contributed by atoms with E-state index in [1.54, 1.807) is 0 Å². The molecule has 8 nitrogen and oxygen atoms in total. The van der Waals surface area contributed by atoms with Crippen LogP contribution in [0.15, 0.2) is 23.4 Å². The maximum atomic E-state index is 11.9. The third kappa shape index (κ3) is 2.42. The Kier molecular flexibility index (Phi) is 3.62. The van der Waals surface area contributed by atoms with Crippen LogP contribution in [-0.4, -0.2) is 40.7 Å². The lowest BCUT2D eigenvalue weighted by Crippen LogP contribution is -2.32. The molecule has 1 aromatic rings. The largest absolute Gasteiger partial charge is 0.409 e. The number of carbonyl (C=O) groups excluding carboxylic acids is 3. The van der Waals surface area contributed by atoms with Crippen molar-refractivity contribution in [2.75, 3.05) is 12.4 Å². The van der Waals surface area contributed by atoms with E-state index in [-0.39, 0.29) is 17.3 Å². The number of carbonyl (C=O) groups is 3. The Morgan fingerprint density at radius 2 is 1.95 bits per heavy atom. The smallest absolute Gasteiger partial charge is 0.261 e. The van der Waals surface area contributed by atoms with Crippen molar-refractivity contribution >= 4 is 29.2 Å². The molecule has 4 N–H and O–H groups in total. The predicted molar refractivity (Wildman–Crippen MR) is 74.1 cm³/mol. The number of benzene rings is 1. The molecule has 0 saturated carbocycles. The fourth-order valence-electron chi connectivity index (χ4n) is 1.91. The first-order valence-corrected chi connectivity index (χ1v) is 6.11. The Balaban J connectivity index is 2.24. The first-order chi connectivity index (χ1) is 9.86. The van der Waals surface area contributed by atoms with Crippen molar-refractivity contribution in [3.05, 3.63) is 29.3 Å². The molecule has 0 spiro atoms. The van der Waals surface area contributed by atoms with Gasteiger partial charge >= 0.3 is 0 Å². The third-order valence-corrected chi connectivity index (χ3v) is 3.31. The topological polar surface area (TPSA) is 125 Å². The number of anilines is 1. The summed E-state index contributed by atoms with van der Waals surface area (Å²) in [7, 11) is 1.39. The molecule has 3 amide bonds. The summed E-state index contributed by atoms with van der Waals surface area (Å²) in [6, 6.07) is 4.42. The molecular formula is C13H14N4O4. The highest BCUT2D eigenvalue weighted by atomic mass is 16.4. The zero-order chi connectivity index (χ0) is 15.7. The minimum Gasteiger partial charge on any atom is -0.409 e. The standard InChI is InChI=1S/C13H14N4O4/c1-6(10(14)16-21)11(18)15-7-3-4-8-9(5-7)13(20)17(2)12(8)19/h3-6,21H,1-2H3,(H2,14,16)(H,15,18). The summed E-state index contributed by atoms with van der Waals surface area (Å²) >= 11 is 0. The zero-order valence-corrected chi connectivity index (χ0v) is 11.5. The summed E-state index contributed by atoms with van der Waals surface area (Å²) in [5, 5.41) is 13.8. The van der Waals surface area contributed by atoms with Crippen LogP contribution in [0.3, 0.4) is 0 Å². The van der Waals surface area contributed by atoms with E-state index in [2.05, 4.69) is 10.5 Å². The van der Waals surface area contributed by atoms with E-state index in [4.69, 9.17) is 10.9 Å². The van der Waals surface area contributed by atoms with Crippen LogP contribution in [0.4, 0.5) is 5.69 Å². The van der Waals surface area contributed by atoms with Crippen LogP contribution in [0.1, 0.15) is 27.6 Å². The molecule has 1 unspecified atom stereocenters. The second kappa shape index (κ2) is 5.23. The van der Waals surface area contributed by atoms with Crippen LogP contribution >= 0.6 is 0 Å². The van der Waals surface area contributed by atoms with Crippen molar-refractivity contribution < 1.29 is 19.6 Å². The van der Waals surface area contributed by atoms with Gasteiger partial charge in [0.1, 0.15) is 0 Å². The maximum absolute atomic E-state index is 11.9. The maximum Gasteiger partial charge on any atom is 0.261 e. The number of nitrogens with two attached hydrogens (primary N) is 1. The van der Waals surface area contributed by atoms with Gasteiger partial charge < -0.3 is 16.3 Å². The monoisotopic (exact) mass is 290 g/mol. The summed E-state index contributed by atoms with van der Waals surface area (Å²) < 4.78 is 0. The SMILES string of the molecule is CC(C(=O)Nc1ccc2c(c1)C(=O)N(C)C2=O)C(N)=NO. The summed E-state index contributed by atoms with van der Waals surface area (Å²) in [4.78, 5) is 36.5. The van der Waals surface area contributed by atoms with Gasteiger partial charge in [0, 0.05) is 12.7 Å². The first-order valence-electron chi connectivity index (χ1n) is 6.11. The van der Waals surface area contributed by atoms with Gasteiger partial charge in [-0.25, -0.2) is 0 Å². The number of fused-ring (bicyclic) bond motifs is 1. The highest BCUT2D eigenvalue weighted by Crippen LogP contribution is 2.24. The second-order valence-electron chi connectivity index (χ2n) is 4.67. The van der Waals surface area contributed by atoms with Crippen molar-refractivity contribution in [1.82, 2.24) is 4.90 Å². The van der Waals surface area contributed by atoms with Gasteiger partial charge in [0.2, 0.25) is 5.91 Å². The number of imide groups is 1. The number of amidine groups is 1. The van der Waals surface area contributed by atoms with Gasteiger partial charge in [0.25, 0.3) is 11.8 Å². The molecule has 1 heterocycles. The van der Waals surface area contributed by atoms with E-state index < -0.39 is 17.7 Å². The zero-order valence-electron chi connectivity index (χ0n) is 11.5. The number of amides is 3. The van der Waals surface area contributed by atoms with E-state index in [1.807, 2.05) is 0 Å². The van der Waals surface area contributed by atoms with Gasteiger partial charge in [-0.3, -0.25) is 19.3 Å². The number of nitrogens with zero attached hydrogens (tertiary/aromatic N) is 2. The van der Waals surface area contributed by atoms with E-state index in [0.29, 0.717) is 11.3 Å². The number of hydrogen-bond acceptors (Lipinski definition) is 5. The van der Waals surface area contributed by atoms with Crippen LogP contribution in [0, 0.1) is 5.92 Å². The van der Waals surface area contributed by atoms with Gasteiger partial charge in [0.05, 0.1) is 17.0 Å². The second-order valence-corrected chi connectivity index (χ2v) is 4.67. The summed E-state index contributed by atoms with van der Waals surface area (Å²) in [5.74, 6) is -2.34. The van der Waals surface area contributed by atoms with Crippen LogP contribution in [-0.2, 0) is 4.79 Å².